The third-order valence-electron chi connectivity index (χ3n) is 9.47. The van der Waals surface area contributed by atoms with Crippen molar-refractivity contribution in [2.45, 2.75) is 19.3 Å². The minimum atomic E-state index is -0.139. The normalized spacial score (nSPS) is 13.2. The Hall–Kier alpha value is -5.87. The van der Waals surface area contributed by atoms with Crippen LogP contribution in [0.1, 0.15) is 25.0 Å². The van der Waals surface area contributed by atoms with Crippen LogP contribution in [0, 0.1) is 0 Å². The Kier molecular flexibility index (Phi) is 5.81. The first-order valence-corrected chi connectivity index (χ1v) is 15.7. The molecule has 218 valence electrons. The van der Waals surface area contributed by atoms with E-state index in [0.717, 1.165) is 27.7 Å². The van der Waals surface area contributed by atoms with Gasteiger partial charge in [0, 0.05) is 32.9 Å². The summed E-state index contributed by atoms with van der Waals surface area (Å²) in [6, 6.07) is 51.2. The van der Waals surface area contributed by atoms with Gasteiger partial charge in [-0.1, -0.05) is 153 Å². The van der Waals surface area contributed by atoms with Crippen LogP contribution in [-0.2, 0) is 5.41 Å². The van der Waals surface area contributed by atoms with Gasteiger partial charge in [-0.25, -0.2) is 4.98 Å². The Morgan fingerprint density at radius 1 is 0.478 bits per heavy atom. The van der Waals surface area contributed by atoms with Crippen LogP contribution >= 0.6 is 0 Å². The third-order valence-corrected chi connectivity index (χ3v) is 9.47. The zero-order valence-electron chi connectivity index (χ0n) is 25.6. The molecule has 0 atom stereocenters. The molecule has 2 heterocycles. The maximum absolute atomic E-state index is 5.23. The van der Waals surface area contributed by atoms with Crippen molar-refractivity contribution in [1.29, 1.82) is 0 Å². The number of fused-ring (bicyclic) bond motifs is 7. The highest BCUT2D eigenvalue weighted by molar-refractivity contribution is 6.16. The molecule has 0 amide bonds. The van der Waals surface area contributed by atoms with Crippen molar-refractivity contribution < 1.29 is 0 Å². The van der Waals surface area contributed by atoms with Crippen molar-refractivity contribution in [1.82, 2.24) is 19.5 Å². The second kappa shape index (κ2) is 10.1. The molecule has 0 spiro atoms. The molecule has 0 bridgehead atoms. The lowest BCUT2D eigenvalue weighted by atomic mass is 9.82. The molecular weight excluding hydrogens is 560 g/mol. The maximum Gasteiger partial charge on any atom is 0.238 e. The van der Waals surface area contributed by atoms with E-state index >= 15 is 0 Å². The van der Waals surface area contributed by atoms with Crippen molar-refractivity contribution in [2.24, 2.45) is 0 Å². The van der Waals surface area contributed by atoms with E-state index in [-0.39, 0.29) is 5.41 Å². The molecular formula is C42H30N4. The van der Waals surface area contributed by atoms with Gasteiger partial charge in [-0.15, -0.1) is 0 Å². The van der Waals surface area contributed by atoms with Crippen LogP contribution < -0.4 is 0 Å². The fraction of sp³-hybridized carbons (Fsp3) is 0.0714. The molecule has 8 aromatic rings. The highest BCUT2D eigenvalue weighted by Gasteiger charge is 2.37. The van der Waals surface area contributed by atoms with Crippen LogP contribution in [0.2, 0.25) is 0 Å². The average Bonchev–Trinajstić information content (AvgIpc) is 3.57. The van der Waals surface area contributed by atoms with Crippen LogP contribution in [0.25, 0.3) is 72.8 Å². The Morgan fingerprint density at radius 3 is 1.70 bits per heavy atom. The molecule has 1 aliphatic carbocycles. The van der Waals surface area contributed by atoms with E-state index in [0.29, 0.717) is 17.6 Å². The first kappa shape index (κ1) is 26.5. The van der Waals surface area contributed by atoms with Crippen molar-refractivity contribution in [3.8, 4) is 51.0 Å². The molecule has 4 heteroatoms. The lowest BCUT2D eigenvalue weighted by Crippen LogP contribution is -2.14. The molecule has 0 radical (unpaired) electrons. The number of aromatic nitrogens is 4. The smallest absolute Gasteiger partial charge is 0.238 e. The summed E-state index contributed by atoms with van der Waals surface area (Å²) in [4.78, 5) is 15.5. The Labute approximate surface area is 267 Å². The van der Waals surface area contributed by atoms with E-state index in [1.807, 2.05) is 36.4 Å². The molecule has 4 nitrogen and oxygen atoms in total. The number of rotatable bonds is 4. The van der Waals surface area contributed by atoms with Gasteiger partial charge < -0.3 is 0 Å². The lowest BCUT2D eigenvalue weighted by Gasteiger charge is -2.21. The van der Waals surface area contributed by atoms with Gasteiger partial charge in [0.25, 0.3) is 0 Å². The molecule has 0 N–H and O–H groups in total. The van der Waals surface area contributed by atoms with Crippen molar-refractivity contribution >= 4 is 21.8 Å². The minimum Gasteiger partial charge on any atom is -0.277 e. The lowest BCUT2D eigenvalue weighted by molar-refractivity contribution is 0.660. The summed E-state index contributed by atoms with van der Waals surface area (Å²) in [5.41, 5.74) is 11.4. The maximum atomic E-state index is 5.23. The zero-order chi connectivity index (χ0) is 30.8. The van der Waals surface area contributed by atoms with E-state index in [4.69, 9.17) is 15.0 Å². The van der Waals surface area contributed by atoms with Gasteiger partial charge in [0.05, 0.1) is 11.0 Å². The second-order valence-electron chi connectivity index (χ2n) is 12.5. The van der Waals surface area contributed by atoms with E-state index in [9.17, 15) is 0 Å². The van der Waals surface area contributed by atoms with E-state index < -0.39 is 0 Å². The van der Waals surface area contributed by atoms with E-state index in [1.165, 1.54) is 38.6 Å². The predicted molar refractivity (Wildman–Crippen MR) is 188 cm³/mol. The van der Waals surface area contributed by atoms with Crippen molar-refractivity contribution in [2.75, 3.05) is 0 Å². The topological polar surface area (TPSA) is 43.6 Å². The quantitative estimate of drug-likeness (QED) is 0.205. The minimum absolute atomic E-state index is 0.139. The first-order chi connectivity index (χ1) is 22.6. The van der Waals surface area contributed by atoms with Crippen LogP contribution in [0.3, 0.4) is 0 Å². The summed E-state index contributed by atoms with van der Waals surface area (Å²) in [5, 5.41) is 2.35. The summed E-state index contributed by atoms with van der Waals surface area (Å²) in [6.07, 6.45) is 0. The Balaban J connectivity index is 1.44. The van der Waals surface area contributed by atoms with Gasteiger partial charge in [-0.05, 0) is 33.9 Å². The average molecular weight is 591 g/mol. The largest absolute Gasteiger partial charge is 0.277 e. The molecule has 0 aliphatic heterocycles. The summed E-state index contributed by atoms with van der Waals surface area (Å²) in [6.45, 7) is 4.65. The molecule has 46 heavy (non-hydrogen) atoms. The van der Waals surface area contributed by atoms with Gasteiger partial charge in [0.2, 0.25) is 5.95 Å². The molecule has 9 rings (SSSR count). The highest BCUT2D eigenvalue weighted by Crippen LogP contribution is 2.52. The second-order valence-corrected chi connectivity index (χ2v) is 12.5. The van der Waals surface area contributed by atoms with Crippen LogP contribution in [0.4, 0.5) is 0 Å². The number of benzene rings is 6. The molecule has 0 fully saturated rings. The number of hydrogen-bond acceptors (Lipinski definition) is 3. The summed E-state index contributed by atoms with van der Waals surface area (Å²) < 4.78 is 2.29. The van der Waals surface area contributed by atoms with Gasteiger partial charge in [-0.3, -0.25) is 4.57 Å². The van der Waals surface area contributed by atoms with Crippen LogP contribution in [0.15, 0.2) is 146 Å². The zero-order valence-corrected chi connectivity index (χ0v) is 25.6. The Morgan fingerprint density at radius 2 is 1.04 bits per heavy atom. The molecule has 0 saturated carbocycles. The fourth-order valence-corrected chi connectivity index (χ4v) is 7.21. The van der Waals surface area contributed by atoms with Crippen molar-refractivity contribution in [3.63, 3.8) is 0 Å². The standard InChI is InChI=1S/C42H30N4/c1-42(2)34-21-13-12-20-33(34)37-35(42)25-24-32-31-23-22-30(27-14-6-3-7-15-27)26-36(31)46(38(32)37)41-44-39(28-16-8-4-9-17-28)43-40(45-41)29-18-10-5-11-19-29/h3-26H,1-2H3. The predicted octanol–water partition coefficient (Wildman–Crippen LogP) is 10.3. The monoisotopic (exact) mass is 590 g/mol. The Bertz CT molecular complexity index is 2370. The molecule has 6 aromatic carbocycles. The molecule has 0 saturated heterocycles. The molecule has 0 unspecified atom stereocenters. The van der Waals surface area contributed by atoms with E-state index in [2.05, 4.69) is 128 Å². The van der Waals surface area contributed by atoms with Crippen molar-refractivity contribution in [3.05, 3.63) is 157 Å². The SMILES string of the molecule is CC1(C)c2ccccc2-c2c1ccc1c3ccc(-c4ccccc4)cc3n(-c3nc(-c4ccccc4)nc(-c4ccccc4)n3)c21. The van der Waals surface area contributed by atoms with E-state index in [1.54, 1.807) is 0 Å². The van der Waals surface area contributed by atoms with Gasteiger partial charge in [-0.2, -0.15) is 9.97 Å². The van der Waals surface area contributed by atoms with Gasteiger partial charge >= 0.3 is 0 Å². The van der Waals surface area contributed by atoms with Gasteiger partial charge in [0.15, 0.2) is 11.6 Å². The fourth-order valence-electron chi connectivity index (χ4n) is 7.21. The number of nitrogens with zero attached hydrogens (tertiary/aromatic N) is 4. The summed E-state index contributed by atoms with van der Waals surface area (Å²) in [7, 11) is 0. The highest BCUT2D eigenvalue weighted by atomic mass is 15.2. The third kappa shape index (κ3) is 3.97. The summed E-state index contributed by atoms with van der Waals surface area (Å²) in [5.74, 6) is 1.90. The van der Waals surface area contributed by atoms with Gasteiger partial charge in [0.1, 0.15) is 0 Å². The summed E-state index contributed by atoms with van der Waals surface area (Å²) >= 11 is 0. The molecule has 2 aromatic heterocycles. The van der Waals surface area contributed by atoms with Crippen LogP contribution in [0.5, 0.6) is 0 Å². The number of hydrogen-bond donors (Lipinski definition) is 0. The first-order valence-electron chi connectivity index (χ1n) is 15.7. The van der Waals surface area contributed by atoms with Crippen LogP contribution in [-0.4, -0.2) is 19.5 Å². The molecule has 1 aliphatic rings.